The standard InChI is InChI=1S/C8H7FINO/c9-7-2-1-5(10)3-6(7)8(12)4-11/h1-3H,4,11H2. The second kappa shape index (κ2) is 3.95. The van der Waals surface area contributed by atoms with Crippen molar-refractivity contribution in [2.75, 3.05) is 6.54 Å². The molecule has 0 unspecified atom stereocenters. The molecule has 1 rings (SSSR count). The molecule has 0 saturated carbocycles. The van der Waals surface area contributed by atoms with E-state index in [1.54, 1.807) is 6.07 Å². The molecule has 64 valence electrons. The molecule has 4 heteroatoms. The monoisotopic (exact) mass is 279 g/mol. The Labute approximate surface area is 83.1 Å². The average Bonchev–Trinajstić information content (AvgIpc) is 2.08. The van der Waals surface area contributed by atoms with Crippen LogP contribution in [-0.2, 0) is 0 Å². The molecule has 0 aliphatic heterocycles. The smallest absolute Gasteiger partial charge is 0.179 e. The molecule has 0 radical (unpaired) electrons. The molecule has 0 heterocycles. The Morgan fingerprint density at radius 3 is 2.83 bits per heavy atom. The van der Waals surface area contributed by atoms with Crippen LogP contribution in [0.3, 0.4) is 0 Å². The Bertz CT molecular complexity index is 314. The first-order chi connectivity index (χ1) is 5.65. The second-order valence-electron chi connectivity index (χ2n) is 2.25. The predicted octanol–water partition coefficient (Wildman–Crippen LogP) is 1.57. The summed E-state index contributed by atoms with van der Waals surface area (Å²) in [4.78, 5) is 11.0. The van der Waals surface area contributed by atoms with Gasteiger partial charge in [0.2, 0.25) is 0 Å². The highest BCUT2D eigenvalue weighted by atomic mass is 127. The summed E-state index contributed by atoms with van der Waals surface area (Å²) in [5.74, 6) is -0.878. The second-order valence-corrected chi connectivity index (χ2v) is 3.50. The summed E-state index contributed by atoms with van der Waals surface area (Å²) in [7, 11) is 0. The molecular formula is C8H7FINO. The molecule has 0 spiro atoms. The Kier molecular flexibility index (Phi) is 3.16. The lowest BCUT2D eigenvalue weighted by Gasteiger charge is -1.99. The van der Waals surface area contributed by atoms with Gasteiger partial charge in [-0.3, -0.25) is 4.79 Å². The van der Waals surface area contributed by atoms with Crippen molar-refractivity contribution in [2.45, 2.75) is 0 Å². The third-order valence-electron chi connectivity index (χ3n) is 1.41. The van der Waals surface area contributed by atoms with E-state index in [9.17, 15) is 9.18 Å². The number of ketones is 1. The molecule has 0 aromatic heterocycles. The highest BCUT2D eigenvalue weighted by Gasteiger charge is 2.09. The quantitative estimate of drug-likeness (QED) is 0.659. The van der Waals surface area contributed by atoms with E-state index >= 15 is 0 Å². The molecule has 0 aliphatic rings. The maximum atomic E-state index is 12.9. The van der Waals surface area contributed by atoms with Crippen molar-refractivity contribution in [2.24, 2.45) is 5.73 Å². The van der Waals surface area contributed by atoms with Gasteiger partial charge in [-0.2, -0.15) is 0 Å². The van der Waals surface area contributed by atoms with Crippen LogP contribution < -0.4 is 5.73 Å². The van der Waals surface area contributed by atoms with Crippen LogP contribution >= 0.6 is 22.6 Å². The van der Waals surface area contributed by atoms with Crippen molar-refractivity contribution in [3.8, 4) is 0 Å². The first-order valence-electron chi connectivity index (χ1n) is 3.33. The van der Waals surface area contributed by atoms with E-state index < -0.39 is 5.82 Å². The third kappa shape index (κ3) is 2.01. The number of Topliss-reactive ketones (excluding diaryl/α,β-unsaturated/α-hetero) is 1. The van der Waals surface area contributed by atoms with E-state index in [2.05, 4.69) is 0 Å². The summed E-state index contributed by atoms with van der Waals surface area (Å²) < 4.78 is 13.8. The van der Waals surface area contributed by atoms with E-state index in [0.29, 0.717) is 0 Å². The van der Waals surface area contributed by atoms with Crippen molar-refractivity contribution in [3.05, 3.63) is 33.1 Å². The van der Waals surface area contributed by atoms with Gasteiger partial charge in [-0.15, -0.1) is 0 Å². The molecule has 12 heavy (non-hydrogen) atoms. The average molecular weight is 279 g/mol. The summed E-state index contributed by atoms with van der Waals surface area (Å²) in [6, 6.07) is 4.36. The molecule has 2 nitrogen and oxygen atoms in total. The molecule has 2 N–H and O–H groups in total. The summed E-state index contributed by atoms with van der Waals surface area (Å²) >= 11 is 2.01. The SMILES string of the molecule is NCC(=O)c1cc(I)ccc1F. The van der Waals surface area contributed by atoms with Crippen LogP contribution in [0.4, 0.5) is 4.39 Å². The van der Waals surface area contributed by atoms with Crippen molar-refractivity contribution < 1.29 is 9.18 Å². The maximum absolute atomic E-state index is 12.9. The van der Waals surface area contributed by atoms with Gasteiger partial charge in [-0.1, -0.05) is 0 Å². The summed E-state index contributed by atoms with van der Waals surface area (Å²) in [5, 5.41) is 0. The van der Waals surface area contributed by atoms with Gasteiger partial charge in [0.1, 0.15) is 5.82 Å². The van der Waals surface area contributed by atoms with Crippen molar-refractivity contribution in [3.63, 3.8) is 0 Å². The topological polar surface area (TPSA) is 43.1 Å². The fraction of sp³-hybridized carbons (Fsp3) is 0.125. The van der Waals surface area contributed by atoms with E-state index in [4.69, 9.17) is 5.73 Å². The van der Waals surface area contributed by atoms with Gasteiger partial charge >= 0.3 is 0 Å². The largest absolute Gasteiger partial charge is 0.324 e. The molecule has 1 aromatic carbocycles. The Morgan fingerprint density at radius 2 is 2.25 bits per heavy atom. The number of carbonyl (C=O) groups excluding carboxylic acids is 1. The van der Waals surface area contributed by atoms with Crippen molar-refractivity contribution >= 4 is 28.4 Å². The normalized spacial score (nSPS) is 9.92. The molecular weight excluding hydrogens is 272 g/mol. The van der Waals surface area contributed by atoms with Gasteiger partial charge in [0.05, 0.1) is 12.1 Å². The van der Waals surface area contributed by atoms with E-state index in [0.717, 1.165) is 3.57 Å². The predicted molar refractivity (Wildman–Crippen MR) is 52.5 cm³/mol. The first-order valence-corrected chi connectivity index (χ1v) is 4.41. The van der Waals surface area contributed by atoms with Crippen molar-refractivity contribution in [1.82, 2.24) is 0 Å². The van der Waals surface area contributed by atoms with Crippen LogP contribution in [0.1, 0.15) is 10.4 Å². The minimum absolute atomic E-state index is 0.0735. The Hall–Kier alpha value is -0.490. The minimum Gasteiger partial charge on any atom is -0.324 e. The van der Waals surface area contributed by atoms with E-state index in [-0.39, 0.29) is 17.9 Å². The molecule has 0 bridgehead atoms. The van der Waals surface area contributed by atoms with Crippen LogP contribution in [0.25, 0.3) is 0 Å². The van der Waals surface area contributed by atoms with Gasteiger partial charge < -0.3 is 5.73 Å². The lowest BCUT2D eigenvalue weighted by atomic mass is 10.1. The zero-order valence-electron chi connectivity index (χ0n) is 6.18. The zero-order valence-corrected chi connectivity index (χ0v) is 8.34. The number of nitrogens with two attached hydrogens (primary N) is 1. The van der Waals surface area contributed by atoms with Crippen LogP contribution in [0.5, 0.6) is 0 Å². The Morgan fingerprint density at radius 1 is 1.58 bits per heavy atom. The Balaban J connectivity index is 3.13. The fourth-order valence-corrected chi connectivity index (χ4v) is 1.31. The number of benzene rings is 1. The lowest BCUT2D eigenvalue weighted by Crippen LogP contribution is -2.15. The van der Waals surface area contributed by atoms with E-state index in [1.165, 1.54) is 12.1 Å². The molecule has 0 atom stereocenters. The molecule has 0 fully saturated rings. The number of halogens is 2. The van der Waals surface area contributed by atoms with Crippen LogP contribution in [0, 0.1) is 9.39 Å². The summed E-state index contributed by atoms with van der Waals surface area (Å²) in [6.07, 6.45) is 0. The number of hydrogen-bond acceptors (Lipinski definition) is 2. The molecule has 0 amide bonds. The zero-order chi connectivity index (χ0) is 9.14. The van der Waals surface area contributed by atoms with Gasteiger partial charge in [0.25, 0.3) is 0 Å². The number of carbonyl (C=O) groups is 1. The lowest BCUT2D eigenvalue weighted by molar-refractivity contribution is 0.0997. The van der Waals surface area contributed by atoms with Gasteiger partial charge in [-0.25, -0.2) is 4.39 Å². The van der Waals surface area contributed by atoms with Gasteiger partial charge in [0.15, 0.2) is 5.78 Å². The summed E-state index contributed by atoms with van der Waals surface area (Å²) in [6.45, 7) is -0.156. The minimum atomic E-state index is -0.508. The van der Waals surface area contributed by atoms with Gasteiger partial charge in [-0.05, 0) is 40.8 Å². The molecule has 1 aromatic rings. The number of hydrogen-bond donors (Lipinski definition) is 1. The maximum Gasteiger partial charge on any atom is 0.179 e. The fourth-order valence-electron chi connectivity index (χ4n) is 0.821. The van der Waals surface area contributed by atoms with Crippen LogP contribution in [0.2, 0.25) is 0 Å². The summed E-state index contributed by atoms with van der Waals surface area (Å²) in [5.41, 5.74) is 5.18. The van der Waals surface area contributed by atoms with Crippen LogP contribution in [0.15, 0.2) is 18.2 Å². The van der Waals surface area contributed by atoms with Crippen LogP contribution in [-0.4, -0.2) is 12.3 Å². The van der Waals surface area contributed by atoms with Crippen molar-refractivity contribution in [1.29, 1.82) is 0 Å². The number of rotatable bonds is 2. The highest BCUT2D eigenvalue weighted by molar-refractivity contribution is 14.1. The highest BCUT2D eigenvalue weighted by Crippen LogP contribution is 2.12. The first kappa shape index (κ1) is 9.60. The van der Waals surface area contributed by atoms with E-state index in [1.807, 2.05) is 22.6 Å². The van der Waals surface area contributed by atoms with Gasteiger partial charge in [0, 0.05) is 3.57 Å². The third-order valence-corrected chi connectivity index (χ3v) is 2.09. The molecule has 0 saturated heterocycles. The molecule has 0 aliphatic carbocycles.